The zero-order valence-electron chi connectivity index (χ0n) is 12.0. The molecule has 0 amide bonds. The number of nitrogens with zero attached hydrogens (tertiary/aromatic N) is 1. The fourth-order valence-electron chi connectivity index (χ4n) is 4.80. The molecule has 1 aliphatic carbocycles. The Morgan fingerprint density at radius 2 is 1.78 bits per heavy atom. The molecule has 0 aromatic heterocycles. The largest absolute Gasteiger partial charge is 0.312 e. The summed E-state index contributed by atoms with van der Waals surface area (Å²) in [6.07, 6.45) is 13.0. The third kappa shape index (κ3) is 2.46. The fraction of sp³-hybridized carbons (Fsp3) is 1.00. The molecule has 2 heterocycles. The minimum Gasteiger partial charge on any atom is -0.312 e. The Hall–Kier alpha value is -0.0800. The molecule has 4 atom stereocenters. The molecule has 2 heteroatoms. The van der Waals surface area contributed by atoms with Gasteiger partial charge in [-0.25, -0.2) is 0 Å². The zero-order chi connectivity index (χ0) is 12.4. The van der Waals surface area contributed by atoms with Gasteiger partial charge in [0.1, 0.15) is 0 Å². The van der Waals surface area contributed by atoms with E-state index in [1.807, 2.05) is 0 Å². The van der Waals surface area contributed by atoms with Gasteiger partial charge >= 0.3 is 0 Å². The Morgan fingerprint density at radius 3 is 2.56 bits per heavy atom. The van der Waals surface area contributed by atoms with Gasteiger partial charge in [0.15, 0.2) is 0 Å². The van der Waals surface area contributed by atoms with Crippen molar-refractivity contribution < 1.29 is 0 Å². The van der Waals surface area contributed by atoms with E-state index < -0.39 is 0 Å². The summed E-state index contributed by atoms with van der Waals surface area (Å²) in [7, 11) is 0. The maximum Gasteiger partial charge on any atom is 0.0252 e. The summed E-state index contributed by atoms with van der Waals surface area (Å²) >= 11 is 0. The predicted octanol–water partition coefficient (Wildman–Crippen LogP) is 3.17. The first-order chi connectivity index (χ1) is 8.90. The average Bonchev–Trinajstić information content (AvgIpc) is 3.09. The topological polar surface area (TPSA) is 15.3 Å². The number of hydrogen-bond acceptors (Lipinski definition) is 2. The van der Waals surface area contributed by atoms with Crippen molar-refractivity contribution in [1.82, 2.24) is 10.2 Å². The Morgan fingerprint density at radius 1 is 0.944 bits per heavy atom. The molecular weight excluding hydrogens is 220 g/mol. The molecule has 3 aliphatic rings. The molecule has 0 aromatic carbocycles. The van der Waals surface area contributed by atoms with Crippen LogP contribution in [0.3, 0.4) is 0 Å². The van der Waals surface area contributed by atoms with Gasteiger partial charge in [0.05, 0.1) is 0 Å². The molecule has 3 rings (SSSR count). The van der Waals surface area contributed by atoms with E-state index in [-0.39, 0.29) is 0 Å². The van der Waals surface area contributed by atoms with E-state index in [1.54, 1.807) is 0 Å². The smallest absolute Gasteiger partial charge is 0.0252 e. The van der Waals surface area contributed by atoms with Crippen LogP contribution in [0.2, 0.25) is 0 Å². The van der Waals surface area contributed by atoms with Crippen LogP contribution in [0.5, 0.6) is 0 Å². The first kappa shape index (κ1) is 12.9. The lowest BCUT2D eigenvalue weighted by Gasteiger charge is -2.42. The highest BCUT2D eigenvalue weighted by Crippen LogP contribution is 2.36. The Kier molecular flexibility index (Phi) is 4.25. The summed E-state index contributed by atoms with van der Waals surface area (Å²) < 4.78 is 0. The van der Waals surface area contributed by atoms with Crippen molar-refractivity contribution in [1.29, 1.82) is 0 Å². The number of likely N-dealkylation sites (tertiary alicyclic amines) is 1. The molecule has 1 saturated carbocycles. The summed E-state index contributed by atoms with van der Waals surface area (Å²) in [6.45, 7) is 5.04. The molecule has 0 bridgehead atoms. The number of nitrogens with one attached hydrogen (secondary N) is 1. The molecule has 2 aliphatic heterocycles. The predicted molar refractivity (Wildman–Crippen MR) is 76.8 cm³/mol. The Bertz CT molecular complexity index is 260. The quantitative estimate of drug-likeness (QED) is 0.827. The van der Waals surface area contributed by atoms with Crippen LogP contribution < -0.4 is 5.32 Å². The van der Waals surface area contributed by atoms with E-state index in [1.165, 1.54) is 70.9 Å². The minimum absolute atomic E-state index is 0.812. The van der Waals surface area contributed by atoms with Crippen LogP contribution in [0.1, 0.15) is 64.7 Å². The zero-order valence-corrected chi connectivity index (χ0v) is 12.0. The highest BCUT2D eigenvalue weighted by molar-refractivity contribution is 4.96. The van der Waals surface area contributed by atoms with Gasteiger partial charge in [-0.1, -0.05) is 26.2 Å². The molecule has 2 nitrogen and oxygen atoms in total. The number of rotatable bonds is 3. The molecule has 3 fully saturated rings. The lowest BCUT2D eigenvalue weighted by Crippen LogP contribution is -2.51. The normalized spacial score (nSPS) is 42.5. The summed E-state index contributed by atoms with van der Waals surface area (Å²) in [5.41, 5.74) is 0. The maximum absolute atomic E-state index is 3.76. The lowest BCUT2D eigenvalue weighted by atomic mass is 9.81. The van der Waals surface area contributed by atoms with Crippen molar-refractivity contribution in [3.63, 3.8) is 0 Å². The first-order valence-corrected chi connectivity index (χ1v) is 8.39. The second kappa shape index (κ2) is 5.92. The molecule has 0 aromatic rings. The van der Waals surface area contributed by atoms with Gasteiger partial charge in [-0.3, -0.25) is 4.90 Å². The summed E-state index contributed by atoms with van der Waals surface area (Å²) in [5.74, 6) is 0.987. The van der Waals surface area contributed by atoms with Gasteiger partial charge in [0, 0.05) is 18.1 Å². The van der Waals surface area contributed by atoms with Crippen LogP contribution in [-0.2, 0) is 0 Å². The van der Waals surface area contributed by atoms with Gasteiger partial charge in [0.25, 0.3) is 0 Å². The van der Waals surface area contributed by atoms with Gasteiger partial charge in [-0.2, -0.15) is 0 Å². The van der Waals surface area contributed by atoms with Crippen molar-refractivity contribution in [3.05, 3.63) is 0 Å². The van der Waals surface area contributed by atoms with Crippen LogP contribution in [-0.4, -0.2) is 36.1 Å². The average molecular weight is 250 g/mol. The molecule has 0 radical (unpaired) electrons. The van der Waals surface area contributed by atoms with E-state index >= 15 is 0 Å². The van der Waals surface area contributed by atoms with E-state index in [4.69, 9.17) is 0 Å². The molecular formula is C16H30N2. The molecule has 2 saturated heterocycles. The van der Waals surface area contributed by atoms with E-state index in [2.05, 4.69) is 17.1 Å². The third-order valence-electron chi connectivity index (χ3n) is 5.72. The standard InChI is InChI=1S/C16H30N2/c1-2-13-7-3-4-9-15(13)18-12-6-10-16(18)14-8-5-11-17-14/h13-17H,2-12H2,1H3. The lowest BCUT2D eigenvalue weighted by molar-refractivity contribution is 0.0764. The Labute approximate surface area is 113 Å². The highest BCUT2D eigenvalue weighted by atomic mass is 15.2. The third-order valence-corrected chi connectivity index (χ3v) is 5.72. The molecule has 18 heavy (non-hydrogen) atoms. The monoisotopic (exact) mass is 250 g/mol. The second-order valence-electron chi connectivity index (χ2n) is 6.67. The SMILES string of the molecule is CCC1CCCCC1N1CCCC1C1CCCN1. The molecule has 104 valence electrons. The van der Waals surface area contributed by atoms with Crippen LogP contribution >= 0.6 is 0 Å². The molecule has 1 N–H and O–H groups in total. The van der Waals surface area contributed by atoms with Gasteiger partial charge in [-0.15, -0.1) is 0 Å². The van der Waals surface area contributed by atoms with Crippen LogP contribution in [0.25, 0.3) is 0 Å². The summed E-state index contributed by atoms with van der Waals surface area (Å²) in [6, 6.07) is 2.59. The van der Waals surface area contributed by atoms with E-state index in [0.717, 1.165) is 24.0 Å². The van der Waals surface area contributed by atoms with Crippen molar-refractivity contribution in [2.24, 2.45) is 5.92 Å². The second-order valence-corrected chi connectivity index (χ2v) is 6.67. The minimum atomic E-state index is 0.812. The first-order valence-electron chi connectivity index (χ1n) is 8.39. The van der Waals surface area contributed by atoms with Crippen molar-refractivity contribution in [2.45, 2.75) is 82.8 Å². The van der Waals surface area contributed by atoms with Gasteiger partial charge < -0.3 is 5.32 Å². The molecule has 0 spiro atoms. The van der Waals surface area contributed by atoms with Gasteiger partial charge in [0.2, 0.25) is 0 Å². The highest BCUT2D eigenvalue weighted by Gasteiger charge is 2.39. The Balaban J connectivity index is 1.68. The van der Waals surface area contributed by atoms with Crippen LogP contribution in [0.4, 0.5) is 0 Å². The van der Waals surface area contributed by atoms with Gasteiger partial charge in [-0.05, 0) is 57.5 Å². The van der Waals surface area contributed by atoms with E-state index in [9.17, 15) is 0 Å². The summed E-state index contributed by atoms with van der Waals surface area (Å²) in [4.78, 5) is 2.93. The fourth-order valence-corrected chi connectivity index (χ4v) is 4.80. The van der Waals surface area contributed by atoms with Crippen molar-refractivity contribution in [2.75, 3.05) is 13.1 Å². The van der Waals surface area contributed by atoms with Crippen molar-refractivity contribution in [3.8, 4) is 0 Å². The van der Waals surface area contributed by atoms with Crippen LogP contribution in [0, 0.1) is 5.92 Å². The van der Waals surface area contributed by atoms with E-state index in [0.29, 0.717) is 0 Å². The number of hydrogen-bond donors (Lipinski definition) is 1. The van der Waals surface area contributed by atoms with Crippen molar-refractivity contribution >= 4 is 0 Å². The summed E-state index contributed by atoms with van der Waals surface area (Å²) in [5, 5.41) is 3.76. The molecule has 4 unspecified atom stereocenters. The maximum atomic E-state index is 3.76. The van der Waals surface area contributed by atoms with Crippen LogP contribution in [0.15, 0.2) is 0 Å².